The molecule has 5 nitrogen and oxygen atoms in total. The van der Waals surface area contributed by atoms with Crippen LogP contribution in [-0.2, 0) is 13.6 Å². The van der Waals surface area contributed by atoms with Gasteiger partial charge in [-0.1, -0.05) is 58.0 Å². The van der Waals surface area contributed by atoms with E-state index in [4.69, 9.17) is 4.74 Å². The van der Waals surface area contributed by atoms with E-state index in [2.05, 4.69) is 0 Å². The van der Waals surface area contributed by atoms with E-state index in [1.807, 2.05) is 89.2 Å². The van der Waals surface area contributed by atoms with Crippen LogP contribution in [0, 0.1) is 6.92 Å². The van der Waals surface area contributed by atoms with Gasteiger partial charge in [-0.15, -0.1) is 11.3 Å². The summed E-state index contributed by atoms with van der Waals surface area (Å²) in [6.45, 7) is 10.4. The van der Waals surface area contributed by atoms with Crippen molar-refractivity contribution in [1.82, 2.24) is 9.13 Å². The van der Waals surface area contributed by atoms with E-state index >= 15 is 0 Å². The monoisotopic (exact) mass is 452 g/mol. The van der Waals surface area contributed by atoms with Crippen LogP contribution in [0.4, 0.5) is 0 Å². The number of hydrogen-bond acceptors (Lipinski definition) is 4. The fourth-order valence-corrected chi connectivity index (χ4v) is 4.68. The molecule has 4 rings (SSSR count). The van der Waals surface area contributed by atoms with E-state index in [9.17, 15) is 9.59 Å². The average molecular weight is 453 g/mol. The first-order valence-corrected chi connectivity index (χ1v) is 11.7. The van der Waals surface area contributed by atoms with Crippen LogP contribution in [0.2, 0.25) is 0 Å². The third-order valence-corrected chi connectivity index (χ3v) is 6.31. The number of fused-ring (bicyclic) bond motifs is 1. The van der Waals surface area contributed by atoms with Gasteiger partial charge in [0.25, 0.3) is 5.56 Å². The standard InChI is InChI=1S/C22H20N2O3S.2C2H6/c1-14-18-20(25)23(2)22(26)24(13-15-7-5-4-6-8-15)21(18)28-19(14)16-9-11-17(27-3)12-10-16;2*1-2/h4-12H,13H2,1-3H3;2*1-2H3. The lowest BCUT2D eigenvalue weighted by atomic mass is 10.1. The Morgan fingerprint density at radius 1 is 0.906 bits per heavy atom. The highest BCUT2D eigenvalue weighted by Crippen LogP contribution is 2.36. The molecule has 0 amide bonds. The Bertz CT molecular complexity index is 1270. The number of thiophene rings is 1. The van der Waals surface area contributed by atoms with Crippen LogP contribution < -0.4 is 16.0 Å². The number of hydrogen-bond donors (Lipinski definition) is 0. The van der Waals surface area contributed by atoms with Crippen molar-refractivity contribution < 1.29 is 4.74 Å². The van der Waals surface area contributed by atoms with Gasteiger partial charge in [0, 0.05) is 11.9 Å². The van der Waals surface area contributed by atoms with Crippen molar-refractivity contribution in [2.24, 2.45) is 7.05 Å². The van der Waals surface area contributed by atoms with Gasteiger partial charge in [0.2, 0.25) is 0 Å². The maximum absolute atomic E-state index is 12.9. The van der Waals surface area contributed by atoms with Gasteiger partial charge in [-0.25, -0.2) is 4.79 Å². The van der Waals surface area contributed by atoms with E-state index in [1.165, 1.54) is 23.0 Å². The third-order valence-electron chi connectivity index (χ3n) is 4.95. The van der Waals surface area contributed by atoms with Gasteiger partial charge in [-0.3, -0.25) is 13.9 Å². The van der Waals surface area contributed by atoms with E-state index in [0.29, 0.717) is 16.8 Å². The Kier molecular flexibility index (Phi) is 9.02. The fourth-order valence-electron chi connectivity index (χ4n) is 3.39. The zero-order valence-corrected chi connectivity index (χ0v) is 20.7. The quantitative estimate of drug-likeness (QED) is 0.390. The number of benzene rings is 2. The Hall–Kier alpha value is -3.12. The molecule has 0 fully saturated rings. The molecule has 32 heavy (non-hydrogen) atoms. The molecule has 0 radical (unpaired) electrons. The second kappa shape index (κ2) is 11.5. The summed E-state index contributed by atoms with van der Waals surface area (Å²) in [5, 5.41) is 0.605. The zero-order valence-electron chi connectivity index (χ0n) is 19.9. The van der Waals surface area contributed by atoms with Crippen molar-refractivity contribution in [2.75, 3.05) is 7.11 Å². The average Bonchev–Trinajstić information content (AvgIpc) is 3.20. The molecule has 2 aromatic carbocycles. The highest BCUT2D eigenvalue weighted by Gasteiger charge is 2.19. The van der Waals surface area contributed by atoms with E-state index in [1.54, 1.807) is 11.7 Å². The van der Waals surface area contributed by atoms with Crippen LogP contribution in [0.15, 0.2) is 64.2 Å². The third kappa shape index (κ3) is 4.86. The van der Waals surface area contributed by atoms with Crippen LogP contribution >= 0.6 is 11.3 Å². The molecule has 0 spiro atoms. The smallest absolute Gasteiger partial charge is 0.332 e. The Morgan fingerprint density at radius 3 is 2.06 bits per heavy atom. The molecule has 0 aliphatic heterocycles. The highest BCUT2D eigenvalue weighted by molar-refractivity contribution is 7.22. The molecular weight excluding hydrogens is 420 g/mol. The molecule has 0 aliphatic carbocycles. The van der Waals surface area contributed by atoms with Crippen LogP contribution in [0.1, 0.15) is 38.8 Å². The maximum Gasteiger partial charge on any atom is 0.332 e. The van der Waals surface area contributed by atoms with E-state index in [-0.39, 0.29) is 11.2 Å². The molecule has 2 aromatic heterocycles. The topological polar surface area (TPSA) is 53.2 Å². The van der Waals surface area contributed by atoms with E-state index < -0.39 is 0 Å². The molecule has 0 saturated heterocycles. The van der Waals surface area contributed by atoms with Crippen molar-refractivity contribution in [2.45, 2.75) is 41.2 Å². The lowest BCUT2D eigenvalue weighted by Gasteiger charge is -2.09. The molecule has 0 unspecified atom stereocenters. The summed E-state index contributed by atoms with van der Waals surface area (Å²) in [4.78, 5) is 27.4. The first-order valence-electron chi connectivity index (χ1n) is 10.9. The predicted molar refractivity (Wildman–Crippen MR) is 136 cm³/mol. The van der Waals surface area contributed by atoms with Crippen molar-refractivity contribution >= 4 is 21.6 Å². The largest absolute Gasteiger partial charge is 0.497 e. The van der Waals surface area contributed by atoms with Crippen molar-refractivity contribution in [3.8, 4) is 16.2 Å². The summed E-state index contributed by atoms with van der Waals surface area (Å²) < 4.78 is 8.12. The van der Waals surface area contributed by atoms with Gasteiger partial charge in [0.1, 0.15) is 10.6 Å². The molecule has 0 saturated carbocycles. The van der Waals surface area contributed by atoms with Crippen LogP contribution in [0.25, 0.3) is 20.7 Å². The fraction of sp³-hybridized carbons (Fsp3) is 0.308. The SMILES string of the molecule is CC.CC.COc1ccc(-c2sc3c(c2C)c(=O)n(C)c(=O)n3Cc2ccccc2)cc1. The minimum absolute atomic E-state index is 0.252. The first kappa shape index (κ1) is 25.1. The number of methoxy groups -OCH3 is 1. The second-order valence-electron chi connectivity index (χ2n) is 6.68. The molecule has 170 valence electrons. The Balaban J connectivity index is 0.000000860. The normalized spacial score (nSPS) is 10.1. The number of ether oxygens (including phenoxy) is 1. The molecule has 6 heteroatoms. The summed E-state index contributed by atoms with van der Waals surface area (Å²) in [5.41, 5.74) is 2.36. The summed E-state index contributed by atoms with van der Waals surface area (Å²) in [7, 11) is 3.17. The van der Waals surface area contributed by atoms with Gasteiger partial charge >= 0.3 is 5.69 Å². The van der Waals surface area contributed by atoms with Crippen molar-refractivity contribution in [1.29, 1.82) is 0 Å². The van der Waals surface area contributed by atoms with Gasteiger partial charge < -0.3 is 4.74 Å². The minimum Gasteiger partial charge on any atom is -0.497 e. The number of aryl methyl sites for hydroxylation is 1. The maximum atomic E-state index is 12.9. The van der Waals surface area contributed by atoms with Gasteiger partial charge in [0.15, 0.2) is 0 Å². The summed E-state index contributed by atoms with van der Waals surface area (Å²) in [6, 6.07) is 17.5. The highest BCUT2D eigenvalue weighted by atomic mass is 32.1. The number of rotatable bonds is 4. The minimum atomic E-state index is -0.302. The van der Waals surface area contributed by atoms with E-state index in [0.717, 1.165) is 27.3 Å². The lowest BCUT2D eigenvalue weighted by Crippen LogP contribution is -2.38. The van der Waals surface area contributed by atoms with Gasteiger partial charge in [-0.2, -0.15) is 0 Å². The van der Waals surface area contributed by atoms with Crippen LogP contribution in [0.3, 0.4) is 0 Å². The lowest BCUT2D eigenvalue weighted by molar-refractivity contribution is 0.415. The first-order chi connectivity index (χ1) is 15.5. The summed E-state index contributed by atoms with van der Waals surface area (Å²) in [6.07, 6.45) is 0. The molecule has 0 aliphatic rings. The number of nitrogens with zero attached hydrogens (tertiary/aromatic N) is 2. The molecule has 0 N–H and O–H groups in total. The Morgan fingerprint density at radius 2 is 1.50 bits per heavy atom. The molecular formula is C26H32N2O3S. The molecule has 0 atom stereocenters. The summed E-state index contributed by atoms with van der Waals surface area (Å²) >= 11 is 1.48. The van der Waals surface area contributed by atoms with Crippen molar-refractivity contribution in [3.05, 3.63) is 86.6 Å². The Labute approximate surface area is 193 Å². The van der Waals surface area contributed by atoms with Crippen molar-refractivity contribution in [3.63, 3.8) is 0 Å². The van der Waals surface area contributed by atoms with Gasteiger partial charge in [-0.05, 0) is 47.9 Å². The molecule has 0 bridgehead atoms. The second-order valence-corrected chi connectivity index (χ2v) is 7.68. The van der Waals surface area contributed by atoms with Gasteiger partial charge in [0.05, 0.1) is 19.0 Å². The number of aromatic nitrogens is 2. The summed E-state index contributed by atoms with van der Waals surface area (Å²) in [5.74, 6) is 0.777. The van der Waals surface area contributed by atoms with Crippen LogP contribution in [0.5, 0.6) is 5.75 Å². The predicted octanol–water partition coefficient (Wildman–Crippen LogP) is 5.85. The molecule has 4 aromatic rings. The zero-order chi connectivity index (χ0) is 23.8. The van der Waals surface area contributed by atoms with Crippen LogP contribution in [-0.4, -0.2) is 16.2 Å². The molecule has 2 heterocycles.